The van der Waals surface area contributed by atoms with E-state index in [-0.39, 0.29) is 5.91 Å². The van der Waals surface area contributed by atoms with Crippen LogP contribution in [0, 0.1) is 5.92 Å². The third-order valence-electron chi connectivity index (χ3n) is 4.03. The van der Waals surface area contributed by atoms with Crippen molar-refractivity contribution in [3.63, 3.8) is 0 Å². The topological polar surface area (TPSA) is 55.6 Å². The van der Waals surface area contributed by atoms with Gasteiger partial charge in [0.05, 0.1) is 6.61 Å². The molecule has 4 nitrogen and oxygen atoms in total. The van der Waals surface area contributed by atoms with E-state index in [9.17, 15) is 4.79 Å². The van der Waals surface area contributed by atoms with Crippen LogP contribution in [0.4, 0.5) is 0 Å². The molecule has 1 fully saturated rings. The Labute approximate surface area is 120 Å². The second-order valence-electron chi connectivity index (χ2n) is 5.78. The van der Waals surface area contributed by atoms with Crippen molar-refractivity contribution in [1.82, 2.24) is 4.90 Å². The van der Waals surface area contributed by atoms with E-state index in [1.165, 1.54) is 0 Å². The maximum atomic E-state index is 12.7. The number of rotatable bonds is 4. The summed E-state index contributed by atoms with van der Waals surface area (Å²) in [6, 6.07) is 9.58. The molecule has 1 aromatic rings. The van der Waals surface area contributed by atoms with Gasteiger partial charge in [-0.05, 0) is 31.2 Å². The Balaban J connectivity index is 2.10. The van der Waals surface area contributed by atoms with Crippen LogP contribution < -0.4 is 5.73 Å². The lowest BCUT2D eigenvalue weighted by atomic mass is 9.89. The number of nitrogens with two attached hydrogens (primary N) is 1. The number of hydrogen-bond donors (Lipinski definition) is 1. The number of carbonyl (C=O) groups is 1. The van der Waals surface area contributed by atoms with E-state index in [0.717, 1.165) is 31.5 Å². The molecule has 110 valence electrons. The zero-order chi connectivity index (χ0) is 14.6. The van der Waals surface area contributed by atoms with Crippen LogP contribution in [0.15, 0.2) is 30.3 Å². The number of methoxy groups -OCH3 is 1. The molecule has 20 heavy (non-hydrogen) atoms. The highest BCUT2D eigenvalue weighted by atomic mass is 16.5. The van der Waals surface area contributed by atoms with Gasteiger partial charge in [-0.25, -0.2) is 0 Å². The monoisotopic (exact) mass is 276 g/mol. The standard InChI is InChI=1S/C16H24N2O2/c1-16(17,14-8-4-3-5-9-14)15(19)18-10-6-7-13(11-18)12-20-2/h3-5,8-9,13H,6-7,10-12,17H2,1-2H3. The van der Waals surface area contributed by atoms with Crippen LogP contribution in [0.2, 0.25) is 0 Å². The largest absolute Gasteiger partial charge is 0.384 e. The number of nitrogens with zero attached hydrogens (tertiary/aromatic N) is 1. The normalized spacial score (nSPS) is 22.4. The minimum absolute atomic E-state index is 0.00417. The van der Waals surface area contributed by atoms with Gasteiger partial charge in [0.2, 0.25) is 5.91 Å². The lowest BCUT2D eigenvalue weighted by Gasteiger charge is -2.37. The van der Waals surface area contributed by atoms with Gasteiger partial charge in [0, 0.05) is 20.2 Å². The van der Waals surface area contributed by atoms with Gasteiger partial charge >= 0.3 is 0 Å². The van der Waals surface area contributed by atoms with Gasteiger partial charge in [0.25, 0.3) is 0 Å². The summed E-state index contributed by atoms with van der Waals surface area (Å²) in [6.45, 7) is 4.03. The first-order valence-corrected chi connectivity index (χ1v) is 7.18. The van der Waals surface area contributed by atoms with E-state index in [1.807, 2.05) is 35.2 Å². The number of likely N-dealkylation sites (tertiary alicyclic amines) is 1. The maximum absolute atomic E-state index is 12.7. The second-order valence-corrected chi connectivity index (χ2v) is 5.78. The molecular formula is C16H24N2O2. The van der Waals surface area contributed by atoms with Crippen LogP contribution in [-0.2, 0) is 15.1 Å². The van der Waals surface area contributed by atoms with Crippen LogP contribution >= 0.6 is 0 Å². The average molecular weight is 276 g/mol. The Kier molecular flexibility index (Phi) is 4.78. The number of carbonyl (C=O) groups excluding carboxylic acids is 1. The van der Waals surface area contributed by atoms with Crippen molar-refractivity contribution in [2.75, 3.05) is 26.8 Å². The first-order chi connectivity index (χ1) is 9.55. The van der Waals surface area contributed by atoms with Gasteiger partial charge in [-0.3, -0.25) is 4.79 Å². The molecule has 2 atom stereocenters. The second kappa shape index (κ2) is 6.37. The summed E-state index contributed by atoms with van der Waals surface area (Å²) in [5.74, 6) is 0.425. The van der Waals surface area contributed by atoms with Crippen LogP contribution in [0.5, 0.6) is 0 Å². The van der Waals surface area contributed by atoms with Crippen molar-refractivity contribution in [2.45, 2.75) is 25.3 Å². The van der Waals surface area contributed by atoms with Gasteiger partial charge < -0.3 is 15.4 Å². The Morgan fingerprint density at radius 2 is 2.15 bits per heavy atom. The molecule has 1 heterocycles. The molecule has 1 amide bonds. The minimum Gasteiger partial charge on any atom is -0.384 e. The lowest BCUT2D eigenvalue weighted by Crippen LogP contribution is -2.53. The summed E-state index contributed by atoms with van der Waals surface area (Å²) in [6.07, 6.45) is 2.13. The molecule has 0 bridgehead atoms. The molecule has 0 radical (unpaired) electrons. The maximum Gasteiger partial charge on any atom is 0.246 e. The Bertz CT molecular complexity index is 443. The molecule has 4 heteroatoms. The SMILES string of the molecule is COCC1CCCN(C(=O)C(C)(N)c2ccccc2)C1. The van der Waals surface area contributed by atoms with E-state index in [1.54, 1.807) is 14.0 Å². The Morgan fingerprint density at radius 1 is 1.45 bits per heavy atom. The predicted octanol–water partition coefficient (Wildman–Crippen LogP) is 1.75. The predicted molar refractivity (Wildman–Crippen MR) is 79.2 cm³/mol. The summed E-state index contributed by atoms with van der Waals surface area (Å²) >= 11 is 0. The van der Waals surface area contributed by atoms with Gasteiger partial charge in [0.1, 0.15) is 5.54 Å². The van der Waals surface area contributed by atoms with Crippen molar-refractivity contribution in [1.29, 1.82) is 0 Å². The number of amides is 1. The smallest absolute Gasteiger partial charge is 0.246 e. The number of piperidine rings is 1. The summed E-state index contributed by atoms with van der Waals surface area (Å²) in [5, 5.41) is 0. The first kappa shape index (κ1) is 15.0. The fraction of sp³-hybridized carbons (Fsp3) is 0.562. The minimum atomic E-state index is -0.962. The van der Waals surface area contributed by atoms with Crippen molar-refractivity contribution in [2.24, 2.45) is 11.7 Å². The number of ether oxygens (including phenoxy) is 1. The lowest BCUT2D eigenvalue weighted by molar-refractivity contribution is -0.139. The number of hydrogen-bond acceptors (Lipinski definition) is 3. The summed E-state index contributed by atoms with van der Waals surface area (Å²) in [5.41, 5.74) is 6.21. The van der Waals surface area contributed by atoms with E-state index in [2.05, 4.69) is 0 Å². The molecule has 2 N–H and O–H groups in total. The highest BCUT2D eigenvalue weighted by Crippen LogP contribution is 2.24. The van der Waals surface area contributed by atoms with Crippen molar-refractivity contribution in [3.8, 4) is 0 Å². The van der Waals surface area contributed by atoms with E-state index in [0.29, 0.717) is 12.5 Å². The van der Waals surface area contributed by atoms with Crippen LogP contribution in [0.3, 0.4) is 0 Å². The van der Waals surface area contributed by atoms with Crippen LogP contribution in [0.25, 0.3) is 0 Å². The first-order valence-electron chi connectivity index (χ1n) is 7.18. The zero-order valence-electron chi connectivity index (χ0n) is 12.3. The van der Waals surface area contributed by atoms with E-state index in [4.69, 9.17) is 10.5 Å². The summed E-state index contributed by atoms with van der Waals surface area (Å²) < 4.78 is 5.21. The highest BCUT2D eigenvalue weighted by Gasteiger charge is 2.36. The fourth-order valence-electron chi connectivity index (χ4n) is 2.86. The quantitative estimate of drug-likeness (QED) is 0.911. The third-order valence-corrected chi connectivity index (χ3v) is 4.03. The fourth-order valence-corrected chi connectivity index (χ4v) is 2.86. The van der Waals surface area contributed by atoms with Gasteiger partial charge in [-0.1, -0.05) is 30.3 Å². The number of benzene rings is 1. The third kappa shape index (κ3) is 3.19. The molecule has 1 saturated heterocycles. The molecule has 0 aliphatic carbocycles. The molecule has 2 rings (SSSR count). The van der Waals surface area contributed by atoms with Gasteiger partial charge in [0.15, 0.2) is 0 Å². The Hall–Kier alpha value is -1.39. The highest BCUT2D eigenvalue weighted by molar-refractivity contribution is 5.87. The molecule has 1 aliphatic rings. The molecule has 1 aromatic carbocycles. The van der Waals surface area contributed by atoms with Gasteiger partial charge in [-0.15, -0.1) is 0 Å². The Morgan fingerprint density at radius 3 is 2.80 bits per heavy atom. The molecule has 0 aromatic heterocycles. The van der Waals surface area contributed by atoms with Crippen molar-refractivity contribution >= 4 is 5.91 Å². The summed E-state index contributed by atoms with van der Waals surface area (Å²) in [7, 11) is 1.71. The van der Waals surface area contributed by atoms with Crippen molar-refractivity contribution in [3.05, 3.63) is 35.9 Å². The van der Waals surface area contributed by atoms with E-state index >= 15 is 0 Å². The van der Waals surface area contributed by atoms with Gasteiger partial charge in [-0.2, -0.15) is 0 Å². The van der Waals surface area contributed by atoms with E-state index < -0.39 is 5.54 Å². The molecule has 0 saturated carbocycles. The molecule has 2 unspecified atom stereocenters. The van der Waals surface area contributed by atoms with Crippen molar-refractivity contribution < 1.29 is 9.53 Å². The zero-order valence-corrected chi connectivity index (χ0v) is 12.3. The molecule has 0 spiro atoms. The molecular weight excluding hydrogens is 252 g/mol. The average Bonchev–Trinajstić information content (AvgIpc) is 2.48. The van der Waals surface area contributed by atoms with Crippen LogP contribution in [0.1, 0.15) is 25.3 Å². The summed E-state index contributed by atoms with van der Waals surface area (Å²) in [4.78, 5) is 14.6. The van der Waals surface area contributed by atoms with Crippen LogP contribution in [-0.4, -0.2) is 37.6 Å². The molecule has 1 aliphatic heterocycles.